The average molecular weight is 315 g/mol. The van der Waals surface area contributed by atoms with E-state index >= 15 is 0 Å². The number of methoxy groups -OCH3 is 1. The summed E-state index contributed by atoms with van der Waals surface area (Å²) >= 11 is 0. The molecule has 1 saturated heterocycles. The first-order valence-corrected chi connectivity index (χ1v) is 6.87. The predicted octanol–water partition coefficient (Wildman–Crippen LogP) is 1.19. The number of hydrogen-bond donors (Lipinski definition) is 1. The molecule has 1 amide bonds. The first-order chi connectivity index (χ1) is 10.5. The molecule has 0 aromatic heterocycles. The number of nitrogens with zero attached hydrogens (tertiary/aromatic N) is 2. The molecule has 1 aromatic carbocycles. The quantitative estimate of drug-likeness (QED) is 0.884. The summed E-state index contributed by atoms with van der Waals surface area (Å²) < 4.78 is 33.8. The Labute approximate surface area is 127 Å². The van der Waals surface area contributed by atoms with Gasteiger partial charge in [0.1, 0.15) is 0 Å². The number of piperazine rings is 1. The Morgan fingerprint density at radius 1 is 1.23 bits per heavy atom. The lowest BCUT2D eigenvalue weighted by atomic mass is 10.2. The number of hydrogen-bond acceptors (Lipinski definition) is 5. The van der Waals surface area contributed by atoms with Crippen molar-refractivity contribution in [1.82, 2.24) is 15.3 Å². The van der Waals surface area contributed by atoms with Crippen LogP contribution in [-0.4, -0.2) is 62.8 Å². The SMILES string of the molecule is COc1cc(C(=O)NN2CCN(C)CC2)ccc1OC(F)F. The normalized spacial score (nSPS) is 16.6. The van der Waals surface area contributed by atoms with E-state index < -0.39 is 6.61 Å². The minimum absolute atomic E-state index is 0.0892. The molecule has 2 rings (SSSR count). The zero-order chi connectivity index (χ0) is 16.1. The van der Waals surface area contributed by atoms with Gasteiger partial charge in [-0.15, -0.1) is 0 Å². The topological polar surface area (TPSA) is 54.0 Å². The first kappa shape index (κ1) is 16.4. The van der Waals surface area contributed by atoms with E-state index in [1.165, 1.54) is 25.3 Å². The van der Waals surface area contributed by atoms with Crippen molar-refractivity contribution in [2.45, 2.75) is 6.61 Å². The number of hydrazine groups is 1. The van der Waals surface area contributed by atoms with Gasteiger partial charge in [-0.1, -0.05) is 0 Å². The number of likely N-dealkylation sites (N-methyl/N-ethyl adjacent to an activating group) is 1. The zero-order valence-corrected chi connectivity index (χ0v) is 12.5. The molecule has 0 saturated carbocycles. The third kappa shape index (κ3) is 4.28. The molecule has 0 aliphatic carbocycles. The Bertz CT molecular complexity index is 520. The lowest BCUT2D eigenvalue weighted by Crippen LogP contribution is -2.52. The molecule has 0 unspecified atom stereocenters. The summed E-state index contributed by atoms with van der Waals surface area (Å²) in [5, 5.41) is 1.83. The number of halogens is 2. The lowest BCUT2D eigenvalue weighted by Gasteiger charge is -2.32. The number of carbonyl (C=O) groups is 1. The number of nitrogens with one attached hydrogen (secondary N) is 1. The van der Waals surface area contributed by atoms with Gasteiger partial charge in [0, 0.05) is 31.7 Å². The monoisotopic (exact) mass is 315 g/mol. The second kappa shape index (κ2) is 7.37. The summed E-state index contributed by atoms with van der Waals surface area (Å²) in [5.41, 5.74) is 3.11. The van der Waals surface area contributed by atoms with Crippen molar-refractivity contribution in [1.29, 1.82) is 0 Å². The predicted molar refractivity (Wildman–Crippen MR) is 76.2 cm³/mol. The van der Waals surface area contributed by atoms with Gasteiger partial charge in [0.15, 0.2) is 11.5 Å². The van der Waals surface area contributed by atoms with Gasteiger partial charge >= 0.3 is 6.61 Å². The maximum Gasteiger partial charge on any atom is 0.387 e. The molecule has 1 heterocycles. The summed E-state index contributed by atoms with van der Waals surface area (Å²) in [7, 11) is 3.35. The van der Waals surface area contributed by atoms with E-state index in [9.17, 15) is 13.6 Å². The number of amides is 1. The zero-order valence-electron chi connectivity index (χ0n) is 12.5. The molecule has 122 valence electrons. The van der Waals surface area contributed by atoms with Crippen LogP contribution in [0.5, 0.6) is 11.5 Å². The van der Waals surface area contributed by atoms with E-state index in [0.29, 0.717) is 5.56 Å². The molecule has 6 nitrogen and oxygen atoms in total. The van der Waals surface area contributed by atoms with Crippen molar-refractivity contribution in [2.24, 2.45) is 0 Å². The minimum Gasteiger partial charge on any atom is -0.493 e. The maximum atomic E-state index is 12.3. The Morgan fingerprint density at radius 3 is 2.50 bits per heavy atom. The molecule has 1 fully saturated rings. The fourth-order valence-corrected chi connectivity index (χ4v) is 2.13. The van der Waals surface area contributed by atoms with Crippen LogP contribution in [0.4, 0.5) is 8.78 Å². The molecule has 0 bridgehead atoms. The fourth-order valence-electron chi connectivity index (χ4n) is 2.13. The van der Waals surface area contributed by atoms with E-state index in [2.05, 4.69) is 15.1 Å². The van der Waals surface area contributed by atoms with E-state index in [1.807, 2.05) is 12.1 Å². The standard InChI is InChI=1S/C14H19F2N3O3/c1-18-5-7-19(8-6-18)17-13(20)10-3-4-11(22-14(15)16)12(9-10)21-2/h3-4,9,14H,5-8H2,1-2H3,(H,17,20). The van der Waals surface area contributed by atoms with Crippen LogP contribution >= 0.6 is 0 Å². The number of carbonyl (C=O) groups excluding carboxylic acids is 1. The van der Waals surface area contributed by atoms with Crippen molar-refractivity contribution in [2.75, 3.05) is 40.3 Å². The number of ether oxygens (including phenoxy) is 2. The van der Waals surface area contributed by atoms with E-state index in [1.54, 1.807) is 0 Å². The van der Waals surface area contributed by atoms with Crippen LogP contribution in [0.2, 0.25) is 0 Å². The van der Waals surface area contributed by atoms with Gasteiger partial charge in [-0.05, 0) is 25.2 Å². The number of benzene rings is 1. The van der Waals surface area contributed by atoms with Crippen molar-refractivity contribution in [3.63, 3.8) is 0 Å². The molecule has 0 spiro atoms. The van der Waals surface area contributed by atoms with Crippen LogP contribution in [0, 0.1) is 0 Å². The Kier molecular flexibility index (Phi) is 5.51. The number of alkyl halides is 2. The van der Waals surface area contributed by atoms with Gasteiger partial charge in [-0.25, -0.2) is 5.01 Å². The molecule has 1 aromatic rings. The first-order valence-electron chi connectivity index (χ1n) is 6.87. The van der Waals surface area contributed by atoms with Crippen LogP contribution in [0.3, 0.4) is 0 Å². The van der Waals surface area contributed by atoms with Crippen molar-refractivity contribution < 1.29 is 23.0 Å². The highest BCUT2D eigenvalue weighted by Crippen LogP contribution is 2.29. The van der Waals surface area contributed by atoms with Crippen molar-refractivity contribution >= 4 is 5.91 Å². The van der Waals surface area contributed by atoms with E-state index in [0.717, 1.165) is 26.2 Å². The van der Waals surface area contributed by atoms with Crippen LogP contribution in [0.1, 0.15) is 10.4 Å². The lowest BCUT2D eigenvalue weighted by molar-refractivity contribution is -0.0512. The van der Waals surface area contributed by atoms with Crippen LogP contribution < -0.4 is 14.9 Å². The average Bonchev–Trinajstić information content (AvgIpc) is 2.49. The highest BCUT2D eigenvalue weighted by Gasteiger charge is 2.18. The van der Waals surface area contributed by atoms with Crippen LogP contribution in [-0.2, 0) is 0 Å². The van der Waals surface area contributed by atoms with Gasteiger partial charge in [0.05, 0.1) is 7.11 Å². The number of rotatable bonds is 5. The van der Waals surface area contributed by atoms with Crippen molar-refractivity contribution in [3.05, 3.63) is 23.8 Å². The van der Waals surface area contributed by atoms with Crippen LogP contribution in [0.15, 0.2) is 18.2 Å². The van der Waals surface area contributed by atoms with Crippen LogP contribution in [0.25, 0.3) is 0 Å². The maximum absolute atomic E-state index is 12.3. The molecule has 0 radical (unpaired) electrons. The summed E-state index contributed by atoms with van der Waals surface area (Å²) in [6.07, 6.45) is 0. The smallest absolute Gasteiger partial charge is 0.387 e. The third-order valence-corrected chi connectivity index (χ3v) is 3.40. The second-order valence-electron chi connectivity index (χ2n) is 4.98. The highest BCUT2D eigenvalue weighted by molar-refractivity contribution is 5.94. The highest BCUT2D eigenvalue weighted by atomic mass is 19.3. The molecule has 8 heteroatoms. The minimum atomic E-state index is -2.95. The molecule has 22 heavy (non-hydrogen) atoms. The molecular formula is C14H19F2N3O3. The van der Waals surface area contributed by atoms with Gasteiger partial charge < -0.3 is 14.4 Å². The summed E-state index contributed by atoms with van der Waals surface area (Å²) in [6.45, 7) is 0.242. The fraction of sp³-hybridized carbons (Fsp3) is 0.500. The Balaban J connectivity index is 2.03. The van der Waals surface area contributed by atoms with Crippen molar-refractivity contribution in [3.8, 4) is 11.5 Å². The summed E-state index contributed by atoms with van der Waals surface area (Å²) in [4.78, 5) is 14.4. The summed E-state index contributed by atoms with van der Waals surface area (Å²) in [6, 6.07) is 4.10. The van der Waals surface area contributed by atoms with Gasteiger partial charge in [0.2, 0.25) is 0 Å². The molecule has 0 atom stereocenters. The Hall–Kier alpha value is -1.93. The largest absolute Gasteiger partial charge is 0.493 e. The van der Waals surface area contributed by atoms with Gasteiger partial charge in [0.25, 0.3) is 5.91 Å². The van der Waals surface area contributed by atoms with E-state index in [4.69, 9.17) is 4.74 Å². The molecular weight excluding hydrogens is 296 g/mol. The molecule has 1 aliphatic rings. The van der Waals surface area contributed by atoms with Gasteiger partial charge in [-0.2, -0.15) is 8.78 Å². The second-order valence-corrected chi connectivity index (χ2v) is 4.98. The molecule has 1 aliphatic heterocycles. The Morgan fingerprint density at radius 2 is 1.91 bits per heavy atom. The third-order valence-electron chi connectivity index (χ3n) is 3.40. The molecule has 1 N–H and O–H groups in total. The summed E-state index contributed by atoms with van der Waals surface area (Å²) in [5.74, 6) is -0.327. The van der Waals surface area contributed by atoms with Gasteiger partial charge in [-0.3, -0.25) is 10.2 Å². The van der Waals surface area contributed by atoms with E-state index in [-0.39, 0.29) is 17.4 Å².